The summed E-state index contributed by atoms with van der Waals surface area (Å²) in [4.78, 5) is 28.0. The lowest BCUT2D eigenvalue weighted by molar-refractivity contribution is 0.0700. The molecular formula is C15H19N3O4S. The molecule has 0 radical (unpaired) electrons. The largest absolute Gasteiger partial charge is 0.477 e. The summed E-state index contributed by atoms with van der Waals surface area (Å²) in [5.41, 5.74) is 1.40. The highest BCUT2D eigenvalue weighted by atomic mass is 32.1. The molecule has 0 saturated heterocycles. The molecule has 23 heavy (non-hydrogen) atoms. The third-order valence-electron chi connectivity index (χ3n) is 3.37. The zero-order valence-corrected chi connectivity index (χ0v) is 14.4. The van der Waals surface area contributed by atoms with Gasteiger partial charge in [0.15, 0.2) is 5.76 Å². The van der Waals surface area contributed by atoms with Gasteiger partial charge in [0.1, 0.15) is 15.4 Å². The quantitative estimate of drug-likeness (QED) is 0.868. The molecule has 2 rings (SSSR count). The standard InChI is InChI=1S/C15H19N3O4S/c1-6(2)11-10(7(3)18-22-11)13(19)16-9(5)14-17-8(4)12(23-14)15(20)21/h6,9H,1-5H3,(H,16,19)(H,20,21). The van der Waals surface area contributed by atoms with E-state index in [0.29, 0.717) is 27.7 Å². The van der Waals surface area contributed by atoms with Gasteiger partial charge in [0, 0.05) is 5.92 Å². The number of carboxylic acids is 1. The molecule has 2 aromatic heterocycles. The molecule has 0 aliphatic carbocycles. The van der Waals surface area contributed by atoms with Gasteiger partial charge in [-0.25, -0.2) is 9.78 Å². The Morgan fingerprint density at radius 3 is 2.39 bits per heavy atom. The lowest BCUT2D eigenvalue weighted by atomic mass is 10.0. The van der Waals surface area contributed by atoms with Crippen LogP contribution in [0.4, 0.5) is 0 Å². The minimum Gasteiger partial charge on any atom is -0.477 e. The van der Waals surface area contributed by atoms with Gasteiger partial charge in [0.2, 0.25) is 0 Å². The van der Waals surface area contributed by atoms with E-state index in [2.05, 4.69) is 15.5 Å². The topological polar surface area (TPSA) is 105 Å². The summed E-state index contributed by atoms with van der Waals surface area (Å²) in [5.74, 6) is -0.742. The zero-order valence-electron chi connectivity index (χ0n) is 13.6. The van der Waals surface area contributed by atoms with E-state index in [1.54, 1.807) is 20.8 Å². The Bertz CT molecular complexity index is 748. The van der Waals surface area contributed by atoms with E-state index in [0.717, 1.165) is 11.3 Å². The number of carbonyl (C=O) groups is 2. The SMILES string of the molecule is Cc1nc(C(C)NC(=O)c2c(C)noc2C(C)C)sc1C(=O)O. The number of nitrogens with one attached hydrogen (secondary N) is 1. The number of amides is 1. The maximum absolute atomic E-state index is 12.5. The van der Waals surface area contributed by atoms with E-state index >= 15 is 0 Å². The van der Waals surface area contributed by atoms with Gasteiger partial charge >= 0.3 is 5.97 Å². The van der Waals surface area contributed by atoms with Gasteiger partial charge in [-0.2, -0.15) is 0 Å². The van der Waals surface area contributed by atoms with Crippen LogP contribution >= 0.6 is 11.3 Å². The Hall–Kier alpha value is -2.22. The van der Waals surface area contributed by atoms with E-state index in [1.807, 2.05) is 13.8 Å². The molecule has 0 aromatic carbocycles. The fourth-order valence-corrected chi connectivity index (χ4v) is 3.10. The molecule has 8 heteroatoms. The predicted octanol–water partition coefficient (Wildman–Crippen LogP) is 3.06. The maximum Gasteiger partial charge on any atom is 0.347 e. The van der Waals surface area contributed by atoms with Gasteiger partial charge in [0.25, 0.3) is 5.91 Å². The molecule has 1 atom stereocenters. The van der Waals surface area contributed by atoms with Crippen LogP contribution < -0.4 is 5.32 Å². The van der Waals surface area contributed by atoms with E-state index < -0.39 is 12.0 Å². The molecule has 1 amide bonds. The van der Waals surface area contributed by atoms with Gasteiger partial charge in [-0.1, -0.05) is 19.0 Å². The lowest BCUT2D eigenvalue weighted by Gasteiger charge is -2.12. The number of rotatable bonds is 5. The highest BCUT2D eigenvalue weighted by Crippen LogP contribution is 2.26. The highest BCUT2D eigenvalue weighted by Gasteiger charge is 2.25. The predicted molar refractivity (Wildman–Crippen MR) is 85.0 cm³/mol. The first-order valence-corrected chi connectivity index (χ1v) is 8.01. The van der Waals surface area contributed by atoms with Gasteiger partial charge in [-0.3, -0.25) is 4.79 Å². The first kappa shape index (κ1) is 17.1. The maximum atomic E-state index is 12.5. The van der Waals surface area contributed by atoms with Crippen molar-refractivity contribution in [2.24, 2.45) is 0 Å². The molecule has 0 saturated carbocycles. The fraction of sp³-hybridized carbons (Fsp3) is 0.467. The second kappa shape index (κ2) is 6.49. The average Bonchev–Trinajstić information content (AvgIpc) is 3.01. The van der Waals surface area contributed by atoms with Crippen LogP contribution in [0.2, 0.25) is 0 Å². The average molecular weight is 337 g/mol. The Morgan fingerprint density at radius 1 is 1.22 bits per heavy atom. The summed E-state index contributed by atoms with van der Waals surface area (Å²) in [5, 5.41) is 16.3. The Kier molecular flexibility index (Phi) is 4.84. The molecule has 0 spiro atoms. The number of aryl methyl sites for hydroxylation is 2. The van der Waals surface area contributed by atoms with Crippen LogP contribution in [0.1, 0.15) is 74.9 Å². The molecule has 2 aromatic rings. The number of aromatic nitrogens is 2. The molecule has 0 fully saturated rings. The molecule has 2 heterocycles. The van der Waals surface area contributed by atoms with Crippen LogP contribution in [0.5, 0.6) is 0 Å². The van der Waals surface area contributed by atoms with Crippen LogP contribution in [-0.2, 0) is 0 Å². The van der Waals surface area contributed by atoms with Gasteiger partial charge in [0.05, 0.1) is 17.4 Å². The summed E-state index contributed by atoms with van der Waals surface area (Å²) < 4.78 is 5.22. The van der Waals surface area contributed by atoms with Crippen molar-refractivity contribution >= 4 is 23.2 Å². The minimum atomic E-state index is -1.01. The number of hydrogen-bond acceptors (Lipinski definition) is 6. The first-order valence-electron chi connectivity index (χ1n) is 7.20. The number of thiazole rings is 1. The molecule has 124 valence electrons. The molecule has 1 unspecified atom stereocenters. The minimum absolute atomic E-state index is 0.0352. The summed E-state index contributed by atoms with van der Waals surface area (Å²) in [6.07, 6.45) is 0. The number of carbonyl (C=O) groups excluding carboxylic acids is 1. The van der Waals surface area contributed by atoms with Crippen molar-refractivity contribution in [2.75, 3.05) is 0 Å². The van der Waals surface area contributed by atoms with E-state index in [1.165, 1.54) is 0 Å². The number of nitrogens with zero attached hydrogens (tertiary/aromatic N) is 2. The van der Waals surface area contributed by atoms with Crippen LogP contribution in [-0.4, -0.2) is 27.1 Å². The van der Waals surface area contributed by atoms with Crippen LogP contribution in [0.3, 0.4) is 0 Å². The van der Waals surface area contributed by atoms with Crippen molar-refractivity contribution in [1.29, 1.82) is 0 Å². The van der Waals surface area contributed by atoms with Crippen molar-refractivity contribution in [3.05, 3.63) is 32.6 Å². The zero-order chi connectivity index (χ0) is 17.3. The summed E-state index contributed by atoms with van der Waals surface area (Å²) in [6.45, 7) is 8.96. The van der Waals surface area contributed by atoms with E-state index in [9.17, 15) is 9.59 Å². The first-order chi connectivity index (χ1) is 10.7. The fourth-order valence-electron chi connectivity index (χ4n) is 2.19. The van der Waals surface area contributed by atoms with Crippen molar-refractivity contribution in [1.82, 2.24) is 15.5 Å². The van der Waals surface area contributed by atoms with Crippen molar-refractivity contribution < 1.29 is 19.2 Å². The molecule has 7 nitrogen and oxygen atoms in total. The lowest BCUT2D eigenvalue weighted by Crippen LogP contribution is -2.27. The van der Waals surface area contributed by atoms with Gasteiger partial charge in [-0.05, 0) is 20.8 Å². The number of hydrogen-bond donors (Lipinski definition) is 2. The molecule has 0 aliphatic heterocycles. The molecule has 0 aliphatic rings. The Balaban J connectivity index is 2.22. The normalized spacial score (nSPS) is 12.4. The second-order valence-electron chi connectivity index (χ2n) is 5.63. The van der Waals surface area contributed by atoms with Crippen molar-refractivity contribution in [3.8, 4) is 0 Å². The van der Waals surface area contributed by atoms with Gasteiger partial charge in [-0.15, -0.1) is 11.3 Å². The van der Waals surface area contributed by atoms with E-state index in [4.69, 9.17) is 9.63 Å². The molecular weight excluding hydrogens is 318 g/mol. The monoisotopic (exact) mass is 337 g/mol. The number of aromatic carboxylic acids is 1. The summed E-state index contributed by atoms with van der Waals surface area (Å²) >= 11 is 1.07. The Morgan fingerprint density at radius 2 is 1.87 bits per heavy atom. The van der Waals surface area contributed by atoms with Gasteiger partial charge < -0.3 is 14.9 Å². The Labute approximate surface area is 137 Å². The van der Waals surface area contributed by atoms with Crippen LogP contribution in [0.25, 0.3) is 0 Å². The molecule has 2 N–H and O–H groups in total. The molecule has 0 bridgehead atoms. The third kappa shape index (κ3) is 3.42. The summed E-state index contributed by atoms with van der Waals surface area (Å²) in [6, 6.07) is -0.409. The van der Waals surface area contributed by atoms with Crippen LogP contribution in [0, 0.1) is 13.8 Å². The smallest absolute Gasteiger partial charge is 0.347 e. The highest BCUT2D eigenvalue weighted by molar-refractivity contribution is 7.13. The van der Waals surface area contributed by atoms with Crippen LogP contribution in [0.15, 0.2) is 4.52 Å². The number of carboxylic acid groups (broad SMARTS) is 1. The second-order valence-corrected chi connectivity index (χ2v) is 6.66. The summed E-state index contributed by atoms with van der Waals surface area (Å²) in [7, 11) is 0. The van der Waals surface area contributed by atoms with Crippen molar-refractivity contribution in [2.45, 2.75) is 46.6 Å². The third-order valence-corrected chi connectivity index (χ3v) is 4.69. The van der Waals surface area contributed by atoms with Crippen molar-refractivity contribution in [3.63, 3.8) is 0 Å². The van der Waals surface area contributed by atoms with E-state index in [-0.39, 0.29) is 16.7 Å².